The van der Waals surface area contributed by atoms with Gasteiger partial charge in [-0.2, -0.15) is 5.26 Å². The third kappa shape index (κ3) is 4.26. The first-order chi connectivity index (χ1) is 13.4. The summed E-state index contributed by atoms with van der Waals surface area (Å²) in [4.78, 5) is 7.33. The first kappa shape index (κ1) is 19.7. The Bertz CT molecular complexity index is 1080. The lowest BCUT2D eigenvalue weighted by molar-refractivity contribution is 0.224. The Labute approximate surface area is 167 Å². The van der Waals surface area contributed by atoms with Crippen LogP contribution in [0.4, 0.5) is 4.39 Å². The molecule has 0 atom stereocenters. The molecule has 7 heteroatoms. The van der Waals surface area contributed by atoms with E-state index in [1.165, 1.54) is 12.1 Å². The molecule has 1 heterocycles. The summed E-state index contributed by atoms with van der Waals surface area (Å²) in [5.41, 5.74) is 2.04. The monoisotopic (exact) mass is 399 g/mol. The van der Waals surface area contributed by atoms with E-state index >= 15 is 0 Å². The summed E-state index contributed by atoms with van der Waals surface area (Å²) in [5, 5.41) is 9.98. The van der Waals surface area contributed by atoms with Crippen molar-refractivity contribution in [3.8, 4) is 17.6 Å². The van der Waals surface area contributed by atoms with E-state index < -0.39 is 0 Å². The Kier molecular flexibility index (Phi) is 5.86. The van der Waals surface area contributed by atoms with Gasteiger partial charge in [0.05, 0.1) is 34.3 Å². The van der Waals surface area contributed by atoms with Gasteiger partial charge in [0.25, 0.3) is 0 Å². The van der Waals surface area contributed by atoms with E-state index in [4.69, 9.17) is 21.1 Å². The number of benzene rings is 2. The number of nitrogens with one attached hydrogen (secondary N) is 1. The van der Waals surface area contributed by atoms with Gasteiger partial charge in [0, 0.05) is 0 Å². The fraction of sp³-hybridized carbons (Fsp3) is 0.238. The molecular formula is C21H19ClFN3O2. The summed E-state index contributed by atoms with van der Waals surface area (Å²) < 4.78 is 24.8. The SMILES string of the molecule is CCOc1cc(/C=C(/C#N)c2nc3ccc(F)cc3[nH]2)cc(Cl)c1OC(C)C. The fourth-order valence-electron chi connectivity index (χ4n) is 2.71. The summed E-state index contributed by atoms with van der Waals surface area (Å²) in [6, 6.07) is 9.79. The van der Waals surface area contributed by atoms with E-state index in [9.17, 15) is 9.65 Å². The van der Waals surface area contributed by atoms with Crippen LogP contribution in [0, 0.1) is 17.1 Å². The van der Waals surface area contributed by atoms with Crippen molar-refractivity contribution in [2.75, 3.05) is 6.61 Å². The van der Waals surface area contributed by atoms with Crippen molar-refractivity contribution in [3.05, 3.63) is 52.6 Å². The third-order valence-electron chi connectivity index (χ3n) is 3.82. The average Bonchev–Trinajstić information content (AvgIpc) is 3.05. The highest BCUT2D eigenvalue weighted by Crippen LogP contribution is 2.38. The van der Waals surface area contributed by atoms with Crippen LogP contribution in [0.1, 0.15) is 32.2 Å². The van der Waals surface area contributed by atoms with Gasteiger partial charge in [0.1, 0.15) is 17.7 Å². The standard InChI is InChI=1S/C21H19ClFN3O2/c1-4-27-19-9-13(8-16(22)20(19)28-12(2)3)7-14(11-24)21-25-17-6-5-15(23)10-18(17)26-21/h5-10,12H,4H2,1-3H3,(H,25,26)/b14-7-. The van der Waals surface area contributed by atoms with Crippen LogP contribution in [0.25, 0.3) is 22.7 Å². The number of nitriles is 1. The van der Waals surface area contributed by atoms with E-state index in [2.05, 4.69) is 16.0 Å². The van der Waals surface area contributed by atoms with Crippen molar-refractivity contribution >= 4 is 34.3 Å². The van der Waals surface area contributed by atoms with Gasteiger partial charge in [-0.1, -0.05) is 11.6 Å². The van der Waals surface area contributed by atoms with Crippen LogP contribution in [0.3, 0.4) is 0 Å². The zero-order chi connectivity index (χ0) is 20.3. The Morgan fingerprint density at radius 2 is 2.14 bits per heavy atom. The van der Waals surface area contributed by atoms with Gasteiger partial charge in [0.2, 0.25) is 0 Å². The van der Waals surface area contributed by atoms with E-state index in [0.717, 1.165) is 0 Å². The second-order valence-electron chi connectivity index (χ2n) is 6.35. The molecule has 2 aromatic carbocycles. The number of aromatic amines is 1. The molecule has 28 heavy (non-hydrogen) atoms. The minimum Gasteiger partial charge on any atom is -0.490 e. The lowest BCUT2D eigenvalue weighted by atomic mass is 10.1. The van der Waals surface area contributed by atoms with Gasteiger partial charge in [-0.3, -0.25) is 0 Å². The van der Waals surface area contributed by atoms with Gasteiger partial charge in [-0.25, -0.2) is 9.37 Å². The molecule has 0 radical (unpaired) electrons. The van der Waals surface area contributed by atoms with E-state index in [-0.39, 0.29) is 17.5 Å². The summed E-state index contributed by atoms with van der Waals surface area (Å²) in [6.45, 7) is 6.11. The van der Waals surface area contributed by atoms with Crippen LogP contribution in [-0.2, 0) is 0 Å². The van der Waals surface area contributed by atoms with Crippen LogP contribution in [0.5, 0.6) is 11.5 Å². The molecule has 1 aromatic heterocycles. The number of imidazole rings is 1. The second kappa shape index (κ2) is 8.32. The van der Waals surface area contributed by atoms with Gasteiger partial charge < -0.3 is 14.5 Å². The topological polar surface area (TPSA) is 70.9 Å². The number of aromatic nitrogens is 2. The van der Waals surface area contributed by atoms with Gasteiger partial charge in [-0.15, -0.1) is 0 Å². The zero-order valence-electron chi connectivity index (χ0n) is 15.7. The molecule has 0 bridgehead atoms. The molecule has 3 rings (SSSR count). The summed E-state index contributed by atoms with van der Waals surface area (Å²) >= 11 is 6.39. The highest BCUT2D eigenvalue weighted by molar-refractivity contribution is 6.32. The molecule has 0 unspecified atom stereocenters. The van der Waals surface area contributed by atoms with Crippen LogP contribution < -0.4 is 9.47 Å². The maximum Gasteiger partial charge on any atom is 0.180 e. The van der Waals surface area contributed by atoms with Crippen LogP contribution in [-0.4, -0.2) is 22.7 Å². The molecule has 0 aliphatic carbocycles. The van der Waals surface area contributed by atoms with Crippen molar-refractivity contribution in [3.63, 3.8) is 0 Å². The average molecular weight is 400 g/mol. The Balaban J connectivity index is 2.05. The van der Waals surface area contributed by atoms with Gasteiger partial charge >= 0.3 is 0 Å². The third-order valence-corrected chi connectivity index (χ3v) is 4.10. The number of nitrogens with zero attached hydrogens (tertiary/aromatic N) is 2. The Hall–Kier alpha value is -3.04. The molecule has 144 valence electrons. The van der Waals surface area contributed by atoms with Crippen molar-refractivity contribution < 1.29 is 13.9 Å². The molecule has 0 saturated carbocycles. The first-order valence-electron chi connectivity index (χ1n) is 8.81. The molecular weight excluding hydrogens is 381 g/mol. The lowest BCUT2D eigenvalue weighted by Gasteiger charge is -2.16. The lowest BCUT2D eigenvalue weighted by Crippen LogP contribution is -2.08. The minimum absolute atomic E-state index is 0.0660. The fourth-order valence-corrected chi connectivity index (χ4v) is 2.98. The van der Waals surface area contributed by atoms with Crippen LogP contribution in [0.15, 0.2) is 30.3 Å². The summed E-state index contributed by atoms with van der Waals surface area (Å²) in [5.74, 6) is 0.936. The number of fused-ring (bicyclic) bond motifs is 1. The normalized spacial score (nSPS) is 11.7. The van der Waals surface area contributed by atoms with Crippen LogP contribution in [0.2, 0.25) is 5.02 Å². The molecule has 0 fully saturated rings. The predicted molar refractivity (Wildman–Crippen MR) is 108 cm³/mol. The highest BCUT2D eigenvalue weighted by Gasteiger charge is 2.15. The number of halogens is 2. The number of hydrogen-bond donors (Lipinski definition) is 1. The van der Waals surface area contributed by atoms with Crippen molar-refractivity contribution in [2.24, 2.45) is 0 Å². The highest BCUT2D eigenvalue weighted by atomic mass is 35.5. The zero-order valence-corrected chi connectivity index (χ0v) is 16.5. The maximum absolute atomic E-state index is 13.4. The Morgan fingerprint density at radius 3 is 2.82 bits per heavy atom. The molecule has 0 aliphatic rings. The van der Waals surface area contributed by atoms with E-state index in [1.54, 1.807) is 24.3 Å². The maximum atomic E-state index is 13.4. The molecule has 0 spiro atoms. The smallest absolute Gasteiger partial charge is 0.180 e. The number of rotatable bonds is 6. The van der Waals surface area contributed by atoms with Crippen LogP contribution >= 0.6 is 11.6 Å². The van der Waals surface area contributed by atoms with Crippen molar-refractivity contribution in [2.45, 2.75) is 26.9 Å². The number of ether oxygens (including phenoxy) is 2. The molecule has 0 aliphatic heterocycles. The second-order valence-corrected chi connectivity index (χ2v) is 6.75. The molecule has 3 aromatic rings. The van der Waals surface area contributed by atoms with Gasteiger partial charge in [-0.05, 0) is 62.7 Å². The predicted octanol–water partition coefficient (Wildman–Crippen LogP) is 5.61. The number of hydrogen-bond acceptors (Lipinski definition) is 4. The quantitative estimate of drug-likeness (QED) is 0.547. The van der Waals surface area contributed by atoms with E-state index in [1.807, 2.05) is 20.8 Å². The molecule has 5 nitrogen and oxygen atoms in total. The van der Waals surface area contributed by atoms with E-state index in [0.29, 0.717) is 45.5 Å². The summed E-state index contributed by atoms with van der Waals surface area (Å²) in [7, 11) is 0. The molecule has 1 N–H and O–H groups in total. The summed E-state index contributed by atoms with van der Waals surface area (Å²) in [6.07, 6.45) is 1.57. The van der Waals surface area contributed by atoms with Crippen molar-refractivity contribution in [1.29, 1.82) is 5.26 Å². The minimum atomic E-state index is -0.376. The Morgan fingerprint density at radius 1 is 1.36 bits per heavy atom. The largest absolute Gasteiger partial charge is 0.490 e. The van der Waals surface area contributed by atoms with Gasteiger partial charge in [0.15, 0.2) is 11.5 Å². The van der Waals surface area contributed by atoms with Crippen molar-refractivity contribution in [1.82, 2.24) is 9.97 Å². The number of H-pyrrole nitrogens is 1. The first-order valence-corrected chi connectivity index (χ1v) is 9.19. The molecule has 0 saturated heterocycles. The number of allylic oxidation sites excluding steroid dienone is 1. The molecule has 0 amide bonds.